The van der Waals surface area contributed by atoms with Crippen LogP contribution in [0.25, 0.3) is 0 Å². The minimum atomic E-state index is 0.566. The molecule has 0 atom stereocenters. The van der Waals surface area contributed by atoms with E-state index >= 15 is 0 Å². The molecule has 1 aromatic heterocycles. The third-order valence-corrected chi connectivity index (χ3v) is 2.80. The van der Waals surface area contributed by atoms with Crippen molar-refractivity contribution in [2.24, 2.45) is 11.8 Å². The number of aromatic nitrogens is 2. The average molecular weight is 280 g/mol. The van der Waals surface area contributed by atoms with E-state index in [1.165, 1.54) is 0 Å². The van der Waals surface area contributed by atoms with Gasteiger partial charge in [0, 0.05) is 19.6 Å². The molecule has 0 amide bonds. The van der Waals surface area contributed by atoms with Crippen molar-refractivity contribution in [1.82, 2.24) is 9.97 Å². The summed E-state index contributed by atoms with van der Waals surface area (Å²) in [6, 6.07) is 0. The second-order valence-electron chi connectivity index (χ2n) is 5.80. The van der Waals surface area contributed by atoms with Crippen molar-refractivity contribution in [3.63, 3.8) is 0 Å². The Kier molecular flexibility index (Phi) is 6.55. The summed E-state index contributed by atoms with van der Waals surface area (Å²) in [6.07, 6.45) is 1.60. The fourth-order valence-electron chi connectivity index (χ4n) is 2.20. The van der Waals surface area contributed by atoms with Crippen LogP contribution in [-0.4, -0.2) is 36.7 Å². The highest BCUT2D eigenvalue weighted by atomic mass is 16.5. The normalized spacial score (nSPS) is 11.0. The lowest BCUT2D eigenvalue weighted by Crippen LogP contribution is -2.32. The molecule has 1 heterocycles. The van der Waals surface area contributed by atoms with Crippen LogP contribution in [0.15, 0.2) is 6.33 Å². The lowest BCUT2D eigenvalue weighted by atomic mass is 10.1. The summed E-state index contributed by atoms with van der Waals surface area (Å²) >= 11 is 0. The van der Waals surface area contributed by atoms with Crippen LogP contribution in [0.2, 0.25) is 0 Å². The van der Waals surface area contributed by atoms with Gasteiger partial charge in [-0.3, -0.25) is 0 Å². The van der Waals surface area contributed by atoms with Crippen molar-refractivity contribution in [2.45, 2.75) is 34.6 Å². The number of anilines is 2. The van der Waals surface area contributed by atoms with Gasteiger partial charge in [-0.2, -0.15) is 0 Å². The van der Waals surface area contributed by atoms with Crippen LogP contribution < -0.4 is 15.0 Å². The van der Waals surface area contributed by atoms with Crippen molar-refractivity contribution in [1.29, 1.82) is 0 Å². The Bertz CT molecular complexity index is 397. The largest absolute Gasteiger partial charge is 0.490 e. The second kappa shape index (κ2) is 7.92. The standard InChI is InChI=1S/C15H28N4O/c1-7-16-14-13(20-6)15(18-10-17-14)19(8-11(2)3)9-12(4)5/h10-12H,7-9H2,1-6H3,(H,16,17,18). The highest BCUT2D eigenvalue weighted by molar-refractivity contribution is 5.64. The molecule has 0 aliphatic carbocycles. The first kappa shape index (κ1) is 16.5. The third-order valence-electron chi connectivity index (χ3n) is 2.80. The van der Waals surface area contributed by atoms with Gasteiger partial charge >= 0.3 is 0 Å². The van der Waals surface area contributed by atoms with Gasteiger partial charge in [-0.15, -0.1) is 0 Å². The molecule has 114 valence electrons. The zero-order chi connectivity index (χ0) is 15.1. The SMILES string of the molecule is CCNc1ncnc(N(CC(C)C)CC(C)C)c1OC. The van der Waals surface area contributed by atoms with E-state index in [4.69, 9.17) is 4.74 Å². The zero-order valence-electron chi connectivity index (χ0n) is 13.6. The monoisotopic (exact) mass is 280 g/mol. The highest BCUT2D eigenvalue weighted by Gasteiger charge is 2.19. The molecule has 1 aromatic rings. The molecule has 0 bridgehead atoms. The molecule has 0 aliphatic heterocycles. The second-order valence-corrected chi connectivity index (χ2v) is 5.80. The summed E-state index contributed by atoms with van der Waals surface area (Å²) in [5.41, 5.74) is 0. The molecule has 0 saturated heterocycles. The number of hydrogen-bond acceptors (Lipinski definition) is 5. The summed E-state index contributed by atoms with van der Waals surface area (Å²) < 4.78 is 5.54. The number of ether oxygens (including phenoxy) is 1. The Morgan fingerprint density at radius 1 is 1.15 bits per heavy atom. The number of nitrogens with zero attached hydrogens (tertiary/aromatic N) is 3. The van der Waals surface area contributed by atoms with Gasteiger partial charge in [-0.1, -0.05) is 27.7 Å². The Morgan fingerprint density at radius 2 is 1.75 bits per heavy atom. The topological polar surface area (TPSA) is 50.3 Å². The van der Waals surface area contributed by atoms with Crippen LogP contribution in [0.5, 0.6) is 5.75 Å². The summed E-state index contributed by atoms with van der Waals surface area (Å²) in [5, 5.41) is 3.23. The molecule has 0 fully saturated rings. The van der Waals surface area contributed by atoms with E-state index in [2.05, 4.69) is 47.9 Å². The van der Waals surface area contributed by atoms with Crippen LogP contribution in [0.1, 0.15) is 34.6 Å². The van der Waals surface area contributed by atoms with Crippen LogP contribution >= 0.6 is 0 Å². The van der Waals surface area contributed by atoms with Gasteiger partial charge in [0.1, 0.15) is 6.33 Å². The van der Waals surface area contributed by atoms with Crippen LogP contribution in [0, 0.1) is 11.8 Å². The quantitative estimate of drug-likeness (QED) is 0.793. The fraction of sp³-hybridized carbons (Fsp3) is 0.733. The average Bonchev–Trinajstić information content (AvgIpc) is 2.37. The Hall–Kier alpha value is -1.52. The molecule has 5 heteroatoms. The zero-order valence-corrected chi connectivity index (χ0v) is 13.6. The Balaban J connectivity index is 3.13. The molecule has 0 spiro atoms. The smallest absolute Gasteiger partial charge is 0.204 e. The van der Waals surface area contributed by atoms with E-state index in [0.717, 1.165) is 37.0 Å². The van der Waals surface area contributed by atoms with E-state index < -0.39 is 0 Å². The lowest BCUT2D eigenvalue weighted by Gasteiger charge is -2.29. The van der Waals surface area contributed by atoms with Crippen molar-refractivity contribution in [3.05, 3.63) is 6.33 Å². The first-order valence-corrected chi connectivity index (χ1v) is 7.37. The van der Waals surface area contributed by atoms with Crippen LogP contribution in [0.4, 0.5) is 11.6 Å². The minimum Gasteiger partial charge on any atom is -0.490 e. The van der Waals surface area contributed by atoms with Gasteiger partial charge in [0.15, 0.2) is 11.6 Å². The molecule has 5 nitrogen and oxygen atoms in total. The molecule has 20 heavy (non-hydrogen) atoms. The molecule has 1 N–H and O–H groups in total. The van der Waals surface area contributed by atoms with E-state index in [9.17, 15) is 0 Å². The summed E-state index contributed by atoms with van der Waals surface area (Å²) in [6.45, 7) is 13.6. The predicted molar refractivity (Wildman–Crippen MR) is 84.6 cm³/mol. The van der Waals surface area contributed by atoms with Crippen molar-refractivity contribution in [2.75, 3.05) is 37.0 Å². The maximum absolute atomic E-state index is 5.54. The van der Waals surface area contributed by atoms with Gasteiger partial charge in [0.2, 0.25) is 5.75 Å². The third kappa shape index (κ3) is 4.54. The number of nitrogens with one attached hydrogen (secondary N) is 1. The first-order valence-electron chi connectivity index (χ1n) is 7.37. The van der Waals surface area contributed by atoms with Gasteiger partial charge in [-0.05, 0) is 18.8 Å². The lowest BCUT2D eigenvalue weighted by molar-refractivity contribution is 0.409. The summed E-state index contributed by atoms with van der Waals surface area (Å²) in [5.74, 6) is 3.50. The van der Waals surface area contributed by atoms with Gasteiger partial charge < -0.3 is 15.0 Å². The van der Waals surface area contributed by atoms with E-state index in [1.54, 1.807) is 13.4 Å². The number of hydrogen-bond donors (Lipinski definition) is 1. The summed E-state index contributed by atoms with van der Waals surface area (Å²) in [7, 11) is 1.67. The van der Waals surface area contributed by atoms with E-state index in [1.807, 2.05) is 6.92 Å². The fourth-order valence-corrected chi connectivity index (χ4v) is 2.20. The molecule has 0 radical (unpaired) electrons. The first-order chi connectivity index (χ1) is 9.49. The van der Waals surface area contributed by atoms with Gasteiger partial charge in [0.25, 0.3) is 0 Å². The molecular weight excluding hydrogens is 252 g/mol. The van der Waals surface area contributed by atoms with E-state index in [-0.39, 0.29) is 0 Å². The molecule has 1 rings (SSSR count). The van der Waals surface area contributed by atoms with Crippen molar-refractivity contribution < 1.29 is 4.74 Å². The molecule has 0 aliphatic rings. The van der Waals surface area contributed by atoms with Crippen molar-refractivity contribution >= 4 is 11.6 Å². The molecular formula is C15H28N4O. The van der Waals surface area contributed by atoms with Crippen molar-refractivity contribution in [3.8, 4) is 5.75 Å². The molecule has 0 unspecified atom stereocenters. The van der Waals surface area contributed by atoms with Gasteiger partial charge in [0.05, 0.1) is 7.11 Å². The Morgan fingerprint density at radius 3 is 2.20 bits per heavy atom. The van der Waals surface area contributed by atoms with E-state index in [0.29, 0.717) is 11.8 Å². The van der Waals surface area contributed by atoms with Crippen LogP contribution in [0.3, 0.4) is 0 Å². The van der Waals surface area contributed by atoms with Crippen LogP contribution in [-0.2, 0) is 0 Å². The molecule has 0 saturated carbocycles. The number of methoxy groups -OCH3 is 1. The predicted octanol–water partition coefficient (Wildman–Crippen LogP) is 3.04. The Labute approximate surface area is 122 Å². The maximum atomic E-state index is 5.54. The van der Waals surface area contributed by atoms with Gasteiger partial charge in [-0.25, -0.2) is 9.97 Å². The minimum absolute atomic E-state index is 0.566. The molecule has 0 aromatic carbocycles. The highest BCUT2D eigenvalue weighted by Crippen LogP contribution is 2.32. The number of rotatable bonds is 8. The maximum Gasteiger partial charge on any atom is 0.204 e. The summed E-state index contributed by atoms with van der Waals surface area (Å²) in [4.78, 5) is 11.0.